The third kappa shape index (κ3) is 4.15. The smallest absolute Gasteiger partial charge is 0.254 e. The highest BCUT2D eigenvalue weighted by atomic mass is 32.1. The SMILES string of the molecule is CN(C)CC(=O)N/N=C/c1cccs1. The maximum atomic E-state index is 11.1. The predicted molar refractivity (Wildman–Crippen MR) is 58.6 cm³/mol. The molecule has 0 saturated carbocycles. The quantitative estimate of drug-likeness (QED) is 0.590. The molecule has 0 radical (unpaired) electrons. The molecule has 1 N–H and O–H groups in total. The van der Waals surface area contributed by atoms with Crippen molar-refractivity contribution in [1.82, 2.24) is 10.3 Å². The molecule has 1 aromatic heterocycles. The van der Waals surface area contributed by atoms with Gasteiger partial charge in [0.1, 0.15) is 0 Å². The second-order valence-electron chi connectivity index (χ2n) is 3.05. The highest BCUT2D eigenvalue weighted by Crippen LogP contribution is 2.03. The van der Waals surface area contributed by atoms with Crippen molar-refractivity contribution in [1.29, 1.82) is 0 Å². The fourth-order valence-electron chi connectivity index (χ4n) is 0.855. The predicted octanol–water partition coefficient (Wildman–Crippen LogP) is 0.760. The second kappa shape index (κ2) is 5.51. The standard InChI is InChI=1S/C9H13N3OS/c1-12(2)7-9(13)11-10-6-8-4-3-5-14-8/h3-6H,7H2,1-2H3,(H,11,13)/b10-6+. The van der Waals surface area contributed by atoms with Crippen LogP contribution in [0.4, 0.5) is 0 Å². The van der Waals surface area contributed by atoms with E-state index in [4.69, 9.17) is 0 Å². The molecule has 0 bridgehead atoms. The van der Waals surface area contributed by atoms with Crippen molar-refractivity contribution in [2.24, 2.45) is 5.10 Å². The number of carbonyl (C=O) groups excluding carboxylic acids is 1. The summed E-state index contributed by atoms with van der Waals surface area (Å²) < 4.78 is 0. The molecule has 0 aliphatic carbocycles. The van der Waals surface area contributed by atoms with Crippen LogP contribution in [0.15, 0.2) is 22.6 Å². The van der Waals surface area contributed by atoms with Gasteiger partial charge in [0.25, 0.3) is 5.91 Å². The Morgan fingerprint density at radius 1 is 1.71 bits per heavy atom. The maximum absolute atomic E-state index is 11.1. The van der Waals surface area contributed by atoms with E-state index in [1.807, 2.05) is 31.6 Å². The van der Waals surface area contributed by atoms with Crippen LogP contribution < -0.4 is 5.43 Å². The number of thiophene rings is 1. The van der Waals surface area contributed by atoms with E-state index in [0.29, 0.717) is 6.54 Å². The lowest BCUT2D eigenvalue weighted by atomic mass is 10.5. The fourth-order valence-corrected chi connectivity index (χ4v) is 1.44. The van der Waals surface area contributed by atoms with Crippen LogP contribution in [0.5, 0.6) is 0 Å². The fraction of sp³-hybridized carbons (Fsp3) is 0.333. The molecule has 1 aromatic rings. The minimum atomic E-state index is -0.109. The van der Waals surface area contributed by atoms with Gasteiger partial charge >= 0.3 is 0 Å². The van der Waals surface area contributed by atoms with E-state index in [9.17, 15) is 4.79 Å². The summed E-state index contributed by atoms with van der Waals surface area (Å²) >= 11 is 1.58. The molecule has 14 heavy (non-hydrogen) atoms. The van der Waals surface area contributed by atoms with Crippen LogP contribution in [0.3, 0.4) is 0 Å². The Morgan fingerprint density at radius 2 is 2.50 bits per heavy atom. The molecule has 1 amide bonds. The van der Waals surface area contributed by atoms with Crippen molar-refractivity contribution in [3.63, 3.8) is 0 Å². The van der Waals surface area contributed by atoms with Gasteiger partial charge in [-0.2, -0.15) is 5.10 Å². The lowest BCUT2D eigenvalue weighted by molar-refractivity contribution is -0.121. The summed E-state index contributed by atoms with van der Waals surface area (Å²) in [6, 6.07) is 3.87. The average molecular weight is 211 g/mol. The molecule has 4 nitrogen and oxygen atoms in total. The molecule has 1 heterocycles. The highest BCUT2D eigenvalue weighted by Gasteiger charge is 1.99. The topological polar surface area (TPSA) is 44.7 Å². The zero-order chi connectivity index (χ0) is 10.4. The summed E-state index contributed by atoms with van der Waals surface area (Å²) in [5.74, 6) is -0.109. The lowest BCUT2D eigenvalue weighted by Crippen LogP contribution is -2.30. The summed E-state index contributed by atoms with van der Waals surface area (Å²) in [6.45, 7) is 0.349. The number of hydrogen-bond acceptors (Lipinski definition) is 4. The lowest BCUT2D eigenvalue weighted by Gasteiger charge is -2.06. The first-order valence-electron chi connectivity index (χ1n) is 4.18. The molecular weight excluding hydrogens is 198 g/mol. The molecular formula is C9H13N3OS. The van der Waals surface area contributed by atoms with E-state index < -0.39 is 0 Å². The molecule has 0 spiro atoms. The molecule has 76 valence electrons. The van der Waals surface area contributed by atoms with Crippen LogP contribution in [-0.4, -0.2) is 37.7 Å². The number of nitrogens with one attached hydrogen (secondary N) is 1. The number of hydrogen-bond donors (Lipinski definition) is 1. The van der Waals surface area contributed by atoms with Gasteiger partial charge < -0.3 is 4.90 Å². The zero-order valence-corrected chi connectivity index (χ0v) is 9.04. The maximum Gasteiger partial charge on any atom is 0.254 e. The van der Waals surface area contributed by atoms with E-state index in [0.717, 1.165) is 4.88 Å². The van der Waals surface area contributed by atoms with Crippen molar-refractivity contribution < 1.29 is 4.79 Å². The van der Waals surface area contributed by atoms with E-state index in [2.05, 4.69) is 10.5 Å². The first-order valence-corrected chi connectivity index (χ1v) is 5.06. The minimum absolute atomic E-state index is 0.109. The van der Waals surface area contributed by atoms with Gasteiger partial charge in [0.15, 0.2) is 0 Å². The van der Waals surface area contributed by atoms with Crippen LogP contribution in [0.25, 0.3) is 0 Å². The number of hydrazone groups is 1. The van der Waals surface area contributed by atoms with Crippen molar-refractivity contribution in [2.45, 2.75) is 0 Å². The minimum Gasteiger partial charge on any atom is -0.301 e. The molecule has 0 unspecified atom stereocenters. The van der Waals surface area contributed by atoms with Crippen molar-refractivity contribution in [3.05, 3.63) is 22.4 Å². The summed E-state index contributed by atoms with van der Waals surface area (Å²) in [5.41, 5.74) is 2.45. The number of rotatable bonds is 4. The normalized spacial score (nSPS) is 11.1. The monoisotopic (exact) mass is 211 g/mol. The first kappa shape index (κ1) is 10.9. The number of nitrogens with zero attached hydrogens (tertiary/aromatic N) is 2. The summed E-state index contributed by atoms with van der Waals surface area (Å²) in [6.07, 6.45) is 1.64. The van der Waals surface area contributed by atoms with Gasteiger partial charge in [-0.25, -0.2) is 5.43 Å². The van der Waals surface area contributed by atoms with Gasteiger partial charge in [-0.05, 0) is 25.5 Å². The molecule has 0 aliphatic heterocycles. The van der Waals surface area contributed by atoms with Gasteiger partial charge in [-0.3, -0.25) is 4.79 Å². The van der Waals surface area contributed by atoms with E-state index in [1.54, 1.807) is 22.5 Å². The Balaban J connectivity index is 2.30. The summed E-state index contributed by atoms with van der Waals surface area (Å²) in [7, 11) is 3.67. The Hall–Kier alpha value is -1.20. The van der Waals surface area contributed by atoms with Gasteiger partial charge in [0.2, 0.25) is 0 Å². The van der Waals surface area contributed by atoms with Gasteiger partial charge in [0.05, 0.1) is 12.8 Å². The Kier molecular flexibility index (Phi) is 4.28. The molecule has 0 fully saturated rings. The second-order valence-corrected chi connectivity index (χ2v) is 4.03. The summed E-state index contributed by atoms with van der Waals surface area (Å²) in [5, 5.41) is 5.79. The van der Waals surface area contributed by atoms with Gasteiger partial charge in [0, 0.05) is 4.88 Å². The molecule has 0 saturated heterocycles. The molecule has 5 heteroatoms. The van der Waals surface area contributed by atoms with Crippen LogP contribution in [-0.2, 0) is 4.79 Å². The van der Waals surface area contributed by atoms with Crippen LogP contribution >= 0.6 is 11.3 Å². The molecule has 0 aromatic carbocycles. The Labute approximate surface area is 87.2 Å². The van der Waals surface area contributed by atoms with Crippen LogP contribution in [0.1, 0.15) is 4.88 Å². The number of likely N-dealkylation sites (N-methyl/N-ethyl adjacent to an activating group) is 1. The van der Waals surface area contributed by atoms with Gasteiger partial charge in [-0.15, -0.1) is 11.3 Å². The first-order chi connectivity index (χ1) is 6.68. The van der Waals surface area contributed by atoms with Gasteiger partial charge in [-0.1, -0.05) is 6.07 Å². The third-order valence-corrected chi connectivity index (χ3v) is 2.19. The average Bonchev–Trinajstić information content (AvgIpc) is 2.55. The Bertz CT molecular complexity index is 306. The molecule has 0 aliphatic rings. The Morgan fingerprint density at radius 3 is 3.07 bits per heavy atom. The van der Waals surface area contributed by atoms with Crippen molar-refractivity contribution in [3.8, 4) is 0 Å². The third-order valence-electron chi connectivity index (χ3n) is 1.38. The van der Waals surface area contributed by atoms with Crippen LogP contribution in [0, 0.1) is 0 Å². The van der Waals surface area contributed by atoms with E-state index >= 15 is 0 Å². The summed E-state index contributed by atoms with van der Waals surface area (Å²) in [4.78, 5) is 13.9. The van der Waals surface area contributed by atoms with Crippen LogP contribution in [0.2, 0.25) is 0 Å². The largest absolute Gasteiger partial charge is 0.301 e. The van der Waals surface area contributed by atoms with E-state index in [-0.39, 0.29) is 5.91 Å². The van der Waals surface area contributed by atoms with E-state index in [1.165, 1.54) is 0 Å². The highest BCUT2D eigenvalue weighted by molar-refractivity contribution is 7.11. The van der Waals surface area contributed by atoms with Crippen molar-refractivity contribution >= 4 is 23.5 Å². The number of amides is 1. The van der Waals surface area contributed by atoms with Crippen molar-refractivity contribution in [2.75, 3.05) is 20.6 Å². The number of carbonyl (C=O) groups is 1. The zero-order valence-electron chi connectivity index (χ0n) is 8.23. The molecule has 0 atom stereocenters. The molecule has 1 rings (SSSR count).